The maximum absolute atomic E-state index is 9.90. The molecule has 21 heavy (non-hydrogen) atoms. The van der Waals surface area contributed by atoms with Gasteiger partial charge in [-0.05, 0) is 30.6 Å². The first-order valence-electron chi connectivity index (χ1n) is 7.61. The van der Waals surface area contributed by atoms with Gasteiger partial charge in [0, 0.05) is 0 Å². The lowest BCUT2D eigenvalue weighted by molar-refractivity contribution is -0.0611. The van der Waals surface area contributed by atoms with E-state index in [1.807, 2.05) is 30.3 Å². The molecule has 120 valence electrons. The molecular weight excluding hydrogens is 280 g/mol. The number of hydrogen-bond acceptors (Lipinski definition) is 3. The van der Waals surface area contributed by atoms with Gasteiger partial charge < -0.3 is 14.3 Å². The zero-order chi connectivity index (χ0) is 16.1. The maximum Gasteiger partial charge on any atom is 0.192 e. The molecule has 0 aliphatic rings. The molecule has 1 rings (SSSR count). The summed E-state index contributed by atoms with van der Waals surface area (Å²) in [6, 6.07) is 10.0. The van der Waals surface area contributed by atoms with Crippen molar-refractivity contribution in [3.05, 3.63) is 35.9 Å². The fraction of sp³-hybridized carbons (Fsp3) is 0.647. The van der Waals surface area contributed by atoms with Gasteiger partial charge in [0.15, 0.2) is 8.32 Å². The lowest BCUT2D eigenvalue weighted by Crippen LogP contribution is -2.44. The van der Waals surface area contributed by atoms with Crippen molar-refractivity contribution < 1.29 is 14.3 Å². The molecule has 0 aliphatic heterocycles. The molecule has 0 saturated carbocycles. The van der Waals surface area contributed by atoms with Crippen molar-refractivity contribution in [1.82, 2.24) is 0 Å². The molecule has 1 N–H and O–H groups in total. The average molecular weight is 311 g/mol. The summed E-state index contributed by atoms with van der Waals surface area (Å²) in [5.41, 5.74) is 1.11. The molecule has 1 aromatic rings. The molecular formula is C17H30O3Si. The topological polar surface area (TPSA) is 38.7 Å². The van der Waals surface area contributed by atoms with Crippen molar-refractivity contribution in [3.8, 4) is 0 Å². The molecule has 0 aromatic heterocycles. The van der Waals surface area contributed by atoms with Crippen LogP contribution in [-0.2, 0) is 15.8 Å². The third-order valence-corrected chi connectivity index (χ3v) is 8.76. The van der Waals surface area contributed by atoms with Gasteiger partial charge in [-0.25, -0.2) is 0 Å². The zero-order valence-electron chi connectivity index (χ0n) is 14.2. The molecule has 0 unspecified atom stereocenters. The van der Waals surface area contributed by atoms with Crippen molar-refractivity contribution >= 4 is 8.32 Å². The molecule has 0 amide bonds. The molecule has 0 fully saturated rings. The van der Waals surface area contributed by atoms with Crippen molar-refractivity contribution in [1.29, 1.82) is 0 Å². The smallest absolute Gasteiger partial charge is 0.192 e. The van der Waals surface area contributed by atoms with Gasteiger partial charge >= 0.3 is 0 Å². The van der Waals surface area contributed by atoms with E-state index >= 15 is 0 Å². The minimum absolute atomic E-state index is 0.162. The van der Waals surface area contributed by atoms with E-state index < -0.39 is 14.4 Å². The van der Waals surface area contributed by atoms with Crippen LogP contribution in [0.15, 0.2) is 30.3 Å². The number of ether oxygens (including phenoxy) is 1. The van der Waals surface area contributed by atoms with Crippen LogP contribution in [0.3, 0.4) is 0 Å². The van der Waals surface area contributed by atoms with Gasteiger partial charge in [0.05, 0.1) is 19.3 Å². The van der Waals surface area contributed by atoms with E-state index in [2.05, 4.69) is 33.9 Å². The highest BCUT2D eigenvalue weighted by Gasteiger charge is 2.38. The third kappa shape index (κ3) is 5.91. The average Bonchev–Trinajstić information content (AvgIpc) is 2.38. The van der Waals surface area contributed by atoms with Crippen LogP contribution in [0.2, 0.25) is 18.1 Å². The second-order valence-corrected chi connectivity index (χ2v) is 12.0. The molecule has 0 heterocycles. The fourth-order valence-electron chi connectivity index (χ4n) is 1.61. The lowest BCUT2D eigenvalue weighted by Gasteiger charge is -2.37. The van der Waals surface area contributed by atoms with Crippen LogP contribution in [-0.4, -0.2) is 32.2 Å². The summed E-state index contributed by atoms with van der Waals surface area (Å²) in [4.78, 5) is 0. The van der Waals surface area contributed by atoms with Crippen molar-refractivity contribution in [2.75, 3.05) is 6.61 Å². The molecule has 0 spiro atoms. The fourth-order valence-corrected chi connectivity index (χ4v) is 2.63. The summed E-state index contributed by atoms with van der Waals surface area (Å²) in [6.07, 6.45) is -0.835. The minimum Gasteiger partial charge on any atom is -0.414 e. The standard InChI is InChI=1S/C17H30O3Si/c1-14(18)16(13-20-21(5,6)17(2,3)4)19-12-15-10-8-7-9-11-15/h7-11,14,16,18H,12-13H2,1-6H3/t14-,16-/m0/s1. The van der Waals surface area contributed by atoms with Crippen LogP contribution in [0.1, 0.15) is 33.3 Å². The van der Waals surface area contributed by atoms with E-state index in [9.17, 15) is 5.11 Å². The predicted octanol–water partition coefficient (Wildman–Crippen LogP) is 3.97. The first-order valence-corrected chi connectivity index (χ1v) is 10.5. The first-order chi connectivity index (χ1) is 9.63. The Labute approximate surface area is 130 Å². The number of aliphatic hydroxyl groups is 1. The highest BCUT2D eigenvalue weighted by molar-refractivity contribution is 6.74. The Balaban J connectivity index is 2.55. The van der Waals surface area contributed by atoms with Crippen molar-refractivity contribution in [2.24, 2.45) is 0 Å². The number of rotatable bonds is 7. The summed E-state index contributed by atoms with van der Waals surface area (Å²) < 4.78 is 12.0. The van der Waals surface area contributed by atoms with E-state index in [0.717, 1.165) is 5.56 Å². The van der Waals surface area contributed by atoms with Gasteiger partial charge in [-0.15, -0.1) is 0 Å². The number of hydrogen-bond donors (Lipinski definition) is 1. The van der Waals surface area contributed by atoms with Crippen LogP contribution in [0.5, 0.6) is 0 Å². The number of aliphatic hydroxyl groups excluding tert-OH is 1. The van der Waals surface area contributed by atoms with Crippen LogP contribution >= 0.6 is 0 Å². The summed E-state index contributed by atoms with van der Waals surface area (Å²) in [5, 5.41) is 10.1. The Morgan fingerprint density at radius 2 is 1.71 bits per heavy atom. The molecule has 1 aromatic carbocycles. The van der Waals surface area contributed by atoms with E-state index in [0.29, 0.717) is 13.2 Å². The zero-order valence-corrected chi connectivity index (χ0v) is 15.2. The van der Waals surface area contributed by atoms with Crippen LogP contribution in [0.25, 0.3) is 0 Å². The third-order valence-electron chi connectivity index (χ3n) is 4.26. The summed E-state index contributed by atoms with van der Waals surface area (Å²) in [7, 11) is -1.81. The molecule has 0 aliphatic carbocycles. The van der Waals surface area contributed by atoms with Gasteiger partial charge in [-0.2, -0.15) is 0 Å². The number of benzene rings is 1. The molecule has 0 bridgehead atoms. The summed E-state index contributed by atoms with van der Waals surface area (Å²) in [6.45, 7) is 13.7. The van der Waals surface area contributed by atoms with E-state index in [1.165, 1.54) is 0 Å². The second kappa shape index (κ2) is 7.54. The highest BCUT2D eigenvalue weighted by atomic mass is 28.4. The van der Waals surface area contributed by atoms with Gasteiger partial charge in [0.2, 0.25) is 0 Å². The Hall–Kier alpha value is -0.683. The van der Waals surface area contributed by atoms with Crippen molar-refractivity contribution in [3.63, 3.8) is 0 Å². The Morgan fingerprint density at radius 3 is 2.19 bits per heavy atom. The van der Waals surface area contributed by atoms with Gasteiger partial charge in [-0.1, -0.05) is 51.1 Å². The highest BCUT2D eigenvalue weighted by Crippen LogP contribution is 2.36. The van der Waals surface area contributed by atoms with Gasteiger partial charge in [-0.3, -0.25) is 0 Å². The van der Waals surface area contributed by atoms with Crippen molar-refractivity contribution in [2.45, 2.75) is 64.6 Å². The normalized spacial score (nSPS) is 15.8. The van der Waals surface area contributed by atoms with Crippen LogP contribution in [0.4, 0.5) is 0 Å². The SMILES string of the molecule is C[C@H](O)[C@H](CO[Si](C)(C)C(C)(C)C)OCc1ccccc1. The summed E-state index contributed by atoms with van der Waals surface area (Å²) >= 11 is 0. The predicted molar refractivity (Wildman–Crippen MR) is 89.8 cm³/mol. The maximum atomic E-state index is 9.90. The summed E-state index contributed by atoms with van der Waals surface area (Å²) in [5.74, 6) is 0. The van der Waals surface area contributed by atoms with Gasteiger partial charge in [0.25, 0.3) is 0 Å². The van der Waals surface area contributed by atoms with E-state index in [-0.39, 0.29) is 11.1 Å². The van der Waals surface area contributed by atoms with E-state index in [4.69, 9.17) is 9.16 Å². The first kappa shape index (κ1) is 18.4. The Morgan fingerprint density at radius 1 is 1.14 bits per heavy atom. The minimum atomic E-state index is -1.81. The van der Waals surface area contributed by atoms with Crippen LogP contribution in [0, 0.1) is 0 Å². The monoisotopic (exact) mass is 310 g/mol. The quantitative estimate of drug-likeness (QED) is 0.774. The van der Waals surface area contributed by atoms with Gasteiger partial charge in [0.1, 0.15) is 6.10 Å². The Kier molecular flexibility index (Phi) is 6.59. The molecule has 2 atom stereocenters. The molecule has 3 nitrogen and oxygen atoms in total. The lowest BCUT2D eigenvalue weighted by atomic mass is 10.2. The Bertz CT molecular complexity index is 410. The molecule has 0 radical (unpaired) electrons. The molecule has 4 heteroatoms. The van der Waals surface area contributed by atoms with Crippen LogP contribution < -0.4 is 0 Å². The second-order valence-electron chi connectivity index (χ2n) is 7.15. The van der Waals surface area contributed by atoms with E-state index in [1.54, 1.807) is 6.92 Å². The largest absolute Gasteiger partial charge is 0.414 e. The molecule has 0 saturated heterocycles.